The van der Waals surface area contributed by atoms with Crippen molar-refractivity contribution in [2.45, 2.75) is 18.9 Å². The van der Waals surface area contributed by atoms with Gasteiger partial charge in [-0.1, -0.05) is 0 Å². The van der Waals surface area contributed by atoms with Gasteiger partial charge in [-0.25, -0.2) is 0 Å². The van der Waals surface area contributed by atoms with Crippen molar-refractivity contribution in [3.8, 4) is 0 Å². The van der Waals surface area contributed by atoms with Crippen LogP contribution in [0, 0.1) is 0 Å². The first-order valence-electron chi connectivity index (χ1n) is 4.67. The monoisotopic (exact) mass is 178 g/mol. The maximum Gasteiger partial charge on any atom is 0.250 e. The van der Waals surface area contributed by atoms with Crippen LogP contribution >= 0.6 is 0 Å². The molecule has 0 bridgehead atoms. The van der Waals surface area contributed by atoms with Gasteiger partial charge in [0.25, 0.3) is 5.56 Å². The van der Waals surface area contributed by atoms with E-state index in [1.807, 2.05) is 12.3 Å². The lowest BCUT2D eigenvalue weighted by Crippen LogP contribution is -2.19. The maximum atomic E-state index is 11.3. The highest BCUT2D eigenvalue weighted by Crippen LogP contribution is 2.20. The summed E-state index contributed by atoms with van der Waals surface area (Å²) in [4.78, 5) is 11.3. The fraction of sp³-hybridized carbons (Fsp3) is 0.500. The summed E-state index contributed by atoms with van der Waals surface area (Å²) >= 11 is 0. The van der Waals surface area contributed by atoms with E-state index in [1.165, 1.54) is 6.42 Å². The van der Waals surface area contributed by atoms with Crippen LogP contribution in [0.25, 0.3) is 0 Å². The molecule has 1 aromatic rings. The third kappa shape index (κ3) is 1.65. The largest absolute Gasteiger partial charge is 0.319 e. The Bertz CT molecular complexity index is 350. The number of aryl methyl sites for hydroxylation is 1. The quantitative estimate of drug-likeness (QED) is 0.690. The lowest BCUT2D eigenvalue weighted by Gasteiger charge is -2.10. The molecule has 2 heterocycles. The van der Waals surface area contributed by atoms with E-state index < -0.39 is 0 Å². The Balaban J connectivity index is 2.30. The molecule has 0 spiro atoms. The number of nitrogens with zero attached hydrogens (tertiary/aromatic N) is 1. The molecule has 3 nitrogen and oxygen atoms in total. The fourth-order valence-electron chi connectivity index (χ4n) is 1.75. The molecule has 1 saturated heterocycles. The molecular weight excluding hydrogens is 164 g/mol. The molecule has 1 aliphatic rings. The fourth-order valence-corrected chi connectivity index (χ4v) is 1.75. The van der Waals surface area contributed by atoms with E-state index in [2.05, 4.69) is 5.32 Å². The first kappa shape index (κ1) is 8.51. The molecule has 1 aromatic heterocycles. The zero-order valence-electron chi connectivity index (χ0n) is 7.79. The molecule has 0 amide bonds. The molecule has 3 heteroatoms. The number of hydrogen-bond donors (Lipinski definition) is 1. The Kier molecular flexibility index (Phi) is 2.19. The van der Waals surface area contributed by atoms with Gasteiger partial charge in [-0.15, -0.1) is 0 Å². The molecule has 70 valence electrons. The van der Waals surface area contributed by atoms with Crippen molar-refractivity contribution in [1.29, 1.82) is 0 Å². The second-order valence-electron chi connectivity index (χ2n) is 3.56. The summed E-state index contributed by atoms with van der Waals surface area (Å²) in [6.07, 6.45) is 4.19. The Labute approximate surface area is 77.4 Å². The molecule has 0 aliphatic carbocycles. The molecule has 1 aliphatic heterocycles. The van der Waals surface area contributed by atoms with Crippen molar-refractivity contribution >= 4 is 0 Å². The highest BCUT2D eigenvalue weighted by Gasteiger charge is 2.15. The number of rotatable bonds is 1. The summed E-state index contributed by atoms with van der Waals surface area (Å²) in [6, 6.07) is 4.14. The van der Waals surface area contributed by atoms with Crippen LogP contribution in [0.4, 0.5) is 0 Å². The summed E-state index contributed by atoms with van der Waals surface area (Å²) in [5, 5.41) is 3.37. The zero-order chi connectivity index (χ0) is 9.26. The molecule has 1 atom stereocenters. The number of aromatic nitrogens is 1. The molecule has 0 saturated carbocycles. The van der Waals surface area contributed by atoms with Gasteiger partial charge in [0.1, 0.15) is 0 Å². The van der Waals surface area contributed by atoms with Gasteiger partial charge in [0.2, 0.25) is 0 Å². The summed E-state index contributed by atoms with van der Waals surface area (Å²) in [5.41, 5.74) is 1.20. The van der Waals surface area contributed by atoms with Crippen LogP contribution in [0.2, 0.25) is 0 Å². The molecule has 1 N–H and O–H groups in total. The Morgan fingerprint density at radius 1 is 1.62 bits per heavy atom. The molecule has 0 aromatic carbocycles. The van der Waals surface area contributed by atoms with E-state index in [1.54, 1.807) is 17.7 Å². The van der Waals surface area contributed by atoms with E-state index >= 15 is 0 Å². The average molecular weight is 178 g/mol. The average Bonchev–Trinajstić information content (AvgIpc) is 2.62. The highest BCUT2D eigenvalue weighted by molar-refractivity contribution is 5.16. The van der Waals surface area contributed by atoms with Gasteiger partial charge in [0.15, 0.2) is 0 Å². The molecule has 13 heavy (non-hydrogen) atoms. The zero-order valence-corrected chi connectivity index (χ0v) is 7.79. The van der Waals surface area contributed by atoms with Crippen molar-refractivity contribution in [3.63, 3.8) is 0 Å². The van der Waals surface area contributed by atoms with E-state index in [4.69, 9.17) is 0 Å². The van der Waals surface area contributed by atoms with Gasteiger partial charge in [-0.05, 0) is 31.0 Å². The van der Waals surface area contributed by atoms with Crippen LogP contribution in [0.5, 0.6) is 0 Å². The van der Waals surface area contributed by atoms with Crippen molar-refractivity contribution in [2.75, 3.05) is 6.54 Å². The van der Waals surface area contributed by atoms with Gasteiger partial charge < -0.3 is 9.88 Å². The number of hydrogen-bond acceptors (Lipinski definition) is 2. The molecule has 1 unspecified atom stereocenters. The van der Waals surface area contributed by atoms with Crippen molar-refractivity contribution in [2.24, 2.45) is 7.05 Å². The molecule has 0 radical (unpaired) electrons. The van der Waals surface area contributed by atoms with Gasteiger partial charge in [-0.3, -0.25) is 4.79 Å². The van der Waals surface area contributed by atoms with E-state index in [0.717, 1.165) is 18.5 Å². The minimum Gasteiger partial charge on any atom is -0.319 e. The number of nitrogens with one attached hydrogen (secondary N) is 1. The normalized spacial score (nSPS) is 22.1. The van der Waals surface area contributed by atoms with Crippen LogP contribution in [0.15, 0.2) is 23.1 Å². The molecule has 2 rings (SSSR count). The van der Waals surface area contributed by atoms with Crippen molar-refractivity contribution in [3.05, 3.63) is 34.2 Å². The third-order valence-corrected chi connectivity index (χ3v) is 2.59. The predicted octanol–water partition coefficient (Wildman–Crippen LogP) is 0.810. The molecular formula is C10H14N2O. The van der Waals surface area contributed by atoms with Gasteiger partial charge in [0, 0.05) is 25.4 Å². The van der Waals surface area contributed by atoms with Crippen LogP contribution in [-0.2, 0) is 7.05 Å². The minimum absolute atomic E-state index is 0.0752. The summed E-state index contributed by atoms with van der Waals surface area (Å²) < 4.78 is 1.60. The van der Waals surface area contributed by atoms with Crippen LogP contribution in [-0.4, -0.2) is 11.1 Å². The topological polar surface area (TPSA) is 34.0 Å². The Morgan fingerprint density at radius 2 is 2.46 bits per heavy atom. The first-order chi connectivity index (χ1) is 6.27. The van der Waals surface area contributed by atoms with Crippen molar-refractivity contribution < 1.29 is 0 Å². The minimum atomic E-state index is 0.0752. The van der Waals surface area contributed by atoms with Crippen LogP contribution in [0.1, 0.15) is 24.4 Å². The lowest BCUT2D eigenvalue weighted by molar-refractivity contribution is 0.642. The van der Waals surface area contributed by atoms with Crippen LogP contribution in [0.3, 0.4) is 0 Å². The maximum absolute atomic E-state index is 11.3. The molecule has 1 fully saturated rings. The summed E-state index contributed by atoms with van der Waals surface area (Å²) in [7, 11) is 1.77. The second kappa shape index (κ2) is 3.34. The second-order valence-corrected chi connectivity index (χ2v) is 3.56. The third-order valence-electron chi connectivity index (χ3n) is 2.59. The van der Waals surface area contributed by atoms with Gasteiger partial charge in [-0.2, -0.15) is 0 Å². The van der Waals surface area contributed by atoms with E-state index in [0.29, 0.717) is 6.04 Å². The summed E-state index contributed by atoms with van der Waals surface area (Å²) in [6.45, 7) is 1.07. The standard InChI is InChI=1S/C10H14N2O/c1-12-6-4-8(7-10(12)13)9-3-2-5-11-9/h4,6-7,9,11H,2-3,5H2,1H3. The van der Waals surface area contributed by atoms with E-state index in [-0.39, 0.29) is 5.56 Å². The highest BCUT2D eigenvalue weighted by atomic mass is 16.1. The SMILES string of the molecule is Cn1ccc(C2CCCN2)cc1=O. The van der Waals surface area contributed by atoms with Gasteiger partial charge >= 0.3 is 0 Å². The Hall–Kier alpha value is -1.09. The first-order valence-corrected chi connectivity index (χ1v) is 4.67. The smallest absolute Gasteiger partial charge is 0.250 e. The lowest BCUT2D eigenvalue weighted by atomic mass is 10.1. The van der Waals surface area contributed by atoms with Crippen LogP contribution < -0.4 is 10.9 Å². The predicted molar refractivity (Wildman–Crippen MR) is 51.7 cm³/mol. The van der Waals surface area contributed by atoms with Crippen molar-refractivity contribution in [1.82, 2.24) is 9.88 Å². The van der Waals surface area contributed by atoms with E-state index in [9.17, 15) is 4.79 Å². The Morgan fingerprint density at radius 3 is 3.08 bits per heavy atom. The summed E-state index contributed by atoms with van der Waals surface area (Å²) in [5.74, 6) is 0. The number of pyridine rings is 1. The van der Waals surface area contributed by atoms with Gasteiger partial charge in [0.05, 0.1) is 0 Å².